The molecule has 0 N–H and O–H groups in total. The molecule has 1 unspecified atom stereocenters. The van der Waals surface area contributed by atoms with Crippen molar-refractivity contribution in [3.05, 3.63) is 0 Å². The van der Waals surface area contributed by atoms with Gasteiger partial charge in [0.2, 0.25) is 0 Å². The van der Waals surface area contributed by atoms with Crippen LogP contribution in [0.25, 0.3) is 0 Å². The van der Waals surface area contributed by atoms with Crippen molar-refractivity contribution in [1.82, 2.24) is 0 Å². The van der Waals surface area contributed by atoms with Gasteiger partial charge in [-0.25, -0.2) is 0 Å². The maximum Gasteiger partial charge on any atom is 0.303 e. The molecule has 0 aliphatic rings. The van der Waals surface area contributed by atoms with Gasteiger partial charge in [-0.2, -0.15) is 0 Å². The Kier molecular flexibility index (Phi) is 4.45. The van der Waals surface area contributed by atoms with Gasteiger partial charge in [0.1, 0.15) is 11.7 Å². The van der Waals surface area contributed by atoms with Gasteiger partial charge in [0.25, 0.3) is 6.47 Å². The van der Waals surface area contributed by atoms with E-state index in [1.807, 2.05) is 0 Å². The van der Waals surface area contributed by atoms with Crippen molar-refractivity contribution in [2.24, 2.45) is 0 Å². The first-order chi connectivity index (χ1) is 5.87. The first-order valence-corrected chi connectivity index (χ1v) is 4.16. The fraction of sp³-hybridized carbons (Fsp3) is 0.778. The van der Waals surface area contributed by atoms with Crippen molar-refractivity contribution in [2.45, 2.75) is 45.8 Å². The zero-order valence-electron chi connectivity index (χ0n) is 8.49. The quantitative estimate of drug-likeness (QED) is 0.481. The van der Waals surface area contributed by atoms with E-state index in [-0.39, 0.29) is 12.1 Å². The van der Waals surface area contributed by atoms with Crippen LogP contribution in [0.15, 0.2) is 0 Å². The minimum atomic E-state index is -0.589. The molecule has 0 fully saturated rings. The van der Waals surface area contributed by atoms with E-state index in [0.29, 0.717) is 12.9 Å². The van der Waals surface area contributed by atoms with E-state index >= 15 is 0 Å². The Balaban J connectivity index is 3.99. The van der Waals surface area contributed by atoms with Crippen molar-refractivity contribution in [3.8, 4) is 0 Å². The first kappa shape index (κ1) is 11.9. The highest BCUT2D eigenvalue weighted by atomic mass is 16.6. The van der Waals surface area contributed by atoms with Crippen LogP contribution in [-0.2, 0) is 19.1 Å². The van der Waals surface area contributed by atoms with E-state index in [0.717, 1.165) is 0 Å². The Morgan fingerprint density at radius 2 is 2.08 bits per heavy atom. The van der Waals surface area contributed by atoms with Crippen LogP contribution in [0.1, 0.15) is 34.1 Å². The van der Waals surface area contributed by atoms with Gasteiger partial charge in [0.05, 0.1) is 0 Å². The Morgan fingerprint density at radius 1 is 1.54 bits per heavy atom. The second-order valence-corrected chi connectivity index (χ2v) is 3.60. The van der Waals surface area contributed by atoms with Gasteiger partial charge in [0.15, 0.2) is 0 Å². The SMILES string of the molecule is CC(=O)OC(C)(C)CC(C)OC=O. The molecule has 0 amide bonds. The zero-order chi connectivity index (χ0) is 10.5. The fourth-order valence-corrected chi connectivity index (χ4v) is 1.27. The van der Waals surface area contributed by atoms with Gasteiger partial charge in [-0.15, -0.1) is 0 Å². The van der Waals surface area contributed by atoms with E-state index in [2.05, 4.69) is 4.74 Å². The first-order valence-electron chi connectivity index (χ1n) is 4.16. The molecule has 0 aromatic carbocycles. The molecule has 0 saturated heterocycles. The number of esters is 1. The highest BCUT2D eigenvalue weighted by Gasteiger charge is 2.24. The minimum absolute atomic E-state index is 0.244. The molecular formula is C9H16O4. The second kappa shape index (κ2) is 4.84. The summed E-state index contributed by atoms with van der Waals surface area (Å²) in [5.41, 5.74) is -0.589. The van der Waals surface area contributed by atoms with Crippen molar-refractivity contribution in [2.75, 3.05) is 0 Å². The predicted octanol–water partition coefficient (Wildman–Crippen LogP) is 1.28. The molecule has 0 saturated carbocycles. The minimum Gasteiger partial charge on any atom is -0.465 e. The third-order valence-corrected chi connectivity index (χ3v) is 1.49. The van der Waals surface area contributed by atoms with Gasteiger partial charge < -0.3 is 9.47 Å². The summed E-state index contributed by atoms with van der Waals surface area (Å²) in [4.78, 5) is 20.7. The maximum absolute atomic E-state index is 10.7. The lowest BCUT2D eigenvalue weighted by Crippen LogP contribution is -2.31. The Hall–Kier alpha value is -1.06. The zero-order valence-corrected chi connectivity index (χ0v) is 8.49. The van der Waals surface area contributed by atoms with Gasteiger partial charge in [-0.3, -0.25) is 9.59 Å². The van der Waals surface area contributed by atoms with Crippen LogP contribution in [0.4, 0.5) is 0 Å². The average molecular weight is 188 g/mol. The molecule has 13 heavy (non-hydrogen) atoms. The van der Waals surface area contributed by atoms with E-state index in [4.69, 9.17) is 4.74 Å². The van der Waals surface area contributed by atoms with E-state index in [1.54, 1.807) is 20.8 Å². The molecule has 0 radical (unpaired) electrons. The third kappa shape index (κ3) is 6.13. The lowest BCUT2D eigenvalue weighted by atomic mass is 10.0. The summed E-state index contributed by atoms with van der Waals surface area (Å²) in [5.74, 6) is -0.330. The van der Waals surface area contributed by atoms with Crippen LogP contribution < -0.4 is 0 Å². The lowest BCUT2D eigenvalue weighted by Gasteiger charge is -2.26. The summed E-state index contributed by atoms with van der Waals surface area (Å²) in [6.07, 6.45) is 0.248. The standard InChI is InChI=1S/C9H16O4/c1-7(12-6-10)5-9(3,4)13-8(2)11/h6-7H,5H2,1-4H3. The second-order valence-electron chi connectivity index (χ2n) is 3.60. The van der Waals surface area contributed by atoms with Gasteiger partial charge in [-0.05, 0) is 20.8 Å². The van der Waals surface area contributed by atoms with Crippen molar-refractivity contribution < 1.29 is 19.1 Å². The highest BCUT2D eigenvalue weighted by Crippen LogP contribution is 2.18. The number of ether oxygens (including phenoxy) is 2. The van der Waals surface area contributed by atoms with Gasteiger partial charge in [0, 0.05) is 13.3 Å². The number of carbonyl (C=O) groups is 2. The third-order valence-electron chi connectivity index (χ3n) is 1.49. The molecule has 0 aliphatic carbocycles. The lowest BCUT2D eigenvalue weighted by molar-refractivity contribution is -0.157. The molecular weight excluding hydrogens is 172 g/mol. The molecule has 0 aromatic rings. The number of hydrogen-bond donors (Lipinski definition) is 0. The van der Waals surface area contributed by atoms with Crippen LogP contribution in [0, 0.1) is 0 Å². The van der Waals surface area contributed by atoms with Crippen LogP contribution in [0.2, 0.25) is 0 Å². The van der Waals surface area contributed by atoms with Crippen molar-refractivity contribution in [3.63, 3.8) is 0 Å². The molecule has 0 spiro atoms. The van der Waals surface area contributed by atoms with E-state index in [1.165, 1.54) is 6.92 Å². The van der Waals surface area contributed by atoms with Crippen LogP contribution in [-0.4, -0.2) is 24.1 Å². The Bertz CT molecular complexity index is 186. The molecule has 76 valence electrons. The summed E-state index contributed by atoms with van der Waals surface area (Å²) in [6.45, 7) is 7.05. The largest absolute Gasteiger partial charge is 0.465 e. The Labute approximate surface area is 78.2 Å². The van der Waals surface area contributed by atoms with Crippen LogP contribution in [0.5, 0.6) is 0 Å². The van der Waals surface area contributed by atoms with Crippen LogP contribution in [0.3, 0.4) is 0 Å². The summed E-state index contributed by atoms with van der Waals surface area (Å²) < 4.78 is 9.71. The van der Waals surface area contributed by atoms with Gasteiger partial charge >= 0.3 is 5.97 Å². The summed E-state index contributed by atoms with van der Waals surface area (Å²) in [7, 11) is 0. The maximum atomic E-state index is 10.7. The molecule has 0 aliphatic heterocycles. The Morgan fingerprint density at radius 3 is 2.46 bits per heavy atom. The van der Waals surface area contributed by atoms with E-state index in [9.17, 15) is 9.59 Å². The molecule has 4 nitrogen and oxygen atoms in total. The van der Waals surface area contributed by atoms with E-state index < -0.39 is 5.60 Å². The molecule has 0 aromatic heterocycles. The topological polar surface area (TPSA) is 52.6 Å². The number of rotatable bonds is 5. The molecule has 0 heterocycles. The summed E-state index contributed by atoms with van der Waals surface area (Å²) in [5, 5.41) is 0. The normalized spacial score (nSPS) is 13.2. The molecule has 1 atom stereocenters. The average Bonchev–Trinajstić information content (AvgIpc) is 1.81. The number of carbonyl (C=O) groups excluding carboxylic acids is 2. The van der Waals surface area contributed by atoms with Crippen LogP contribution >= 0.6 is 0 Å². The summed E-state index contributed by atoms with van der Waals surface area (Å²) in [6, 6.07) is 0. The molecule has 0 rings (SSSR count). The monoisotopic (exact) mass is 188 g/mol. The van der Waals surface area contributed by atoms with Crippen molar-refractivity contribution >= 4 is 12.4 Å². The smallest absolute Gasteiger partial charge is 0.303 e. The molecule has 4 heteroatoms. The summed E-state index contributed by atoms with van der Waals surface area (Å²) >= 11 is 0. The predicted molar refractivity (Wildman–Crippen MR) is 47.1 cm³/mol. The fourth-order valence-electron chi connectivity index (χ4n) is 1.27. The van der Waals surface area contributed by atoms with Gasteiger partial charge in [-0.1, -0.05) is 0 Å². The highest BCUT2D eigenvalue weighted by molar-refractivity contribution is 5.66. The van der Waals surface area contributed by atoms with Crippen molar-refractivity contribution in [1.29, 1.82) is 0 Å². The number of hydrogen-bond acceptors (Lipinski definition) is 4. The molecule has 0 bridgehead atoms.